The van der Waals surface area contributed by atoms with E-state index in [1.807, 2.05) is 45.7 Å². The number of nitrogens with two attached hydrogens (primary N) is 2. The normalized spacial score (nSPS) is 14.8. The van der Waals surface area contributed by atoms with Crippen molar-refractivity contribution in [2.45, 2.75) is 135 Å². The third-order valence-corrected chi connectivity index (χ3v) is 24.7. The molecule has 1 saturated carbocycles. The van der Waals surface area contributed by atoms with Gasteiger partial charge >= 0.3 is 0 Å². The Morgan fingerprint density at radius 3 is 1.30 bits per heavy atom. The van der Waals surface area contributed by atoms with Crippen LogP contribution in [0.5, 0.6) is 11.5 Å². The number of piperidine rings is 1. The molecule has 4 amide bonds. The van der Waals surface area contributed by atoms with Gasteiger partial charge in [0.2, 0.25) is 45.5 Å². The van der Waals surface area contributed by atoms with Gasteiger partial charge in [0.15, 0.2) is 16.9 Å². The van der Waals surface area contributed by atoms with Crippen LogP contribution >= 0.6 is 0 Å². The fourth-order valence-corrected chi connectivity index (χ4v) is 17.8. The molecule has 686 valence electrons. The highest BCUT2D eigenvalue weighted by Gasteiger charge is 2.27. The minimum absolute atomic E-state index is 0.00675. The quantitative estimate of drug-likeness (QED) is 0.0167. The monoisotopic (exact) mass is 1790 g/mol. The number of carbonyl (C=O) groups is 4. The summed E-state index contributed by atoms with van der Waals surface area (Å²) < 4.78 is 25.3. The van der Waals surface area contributed by atoms with Crippen molar-refractivity contribution in [1.29, 1.82) is 0 Å². The van der Waals surface area contributed by atoms with Crippen LogP contribution in [0.2, 0.25) is 0 Å². The summed E-state index contributed by atoms with van der Waals surface area (Å²) >= 11 is 0. The van der Waals surface area contributed by atoms with E-state index >= 15 is 0 Å². The van der Waals surface area contributed by atoms with Crippen molar-refractivity contribution < 1.29 is 43.1 Å². The molecule has 2 aliphatic heterocycles. The smallest absolute Gasteiger partial charge is 0.280 e. The van der Waals surface area contributed by atoms with E-state index in [9.17, 15) is 38.4 Å². The number of anilines is 4. The van der Waals surface area contributed by atoms with E-state index in [2.05, 4.69) is 118 Å². The van der Waals surface area contributed by atoms with Crippen LogP contribution in [0.25, 0.3) is 61.2 Å². The first-order chi connectivity index (χ1) is 64.4. The second kappa shape index (κ2) is 42.5. The first-order valence-corrected chi connectivity index (χ1v) is 44.9. The Kier molecular flexibility index (Phi) is 29.3. The molecule has 0 unspecified atom stereocenters. The van der Waals surface area contributed by atoms with Gasteiger partial charge in [-0.15, -0.1) is 0 Å². The molecule has 132 heavy (non-hydrogen) atoms. The lowest BCUT2D eigenvalue weighted by molar-refractivity contribution is 0.0398. The second-order valence-corrected chi connectivity index (χ2v) is 33.3. The fraction of sp³-hybridized carbons (Fsp3) is 0.379. The van der Waals surface area contributed by atoms with E-state index in [-0.39, 0.29) is 44.5 Å². The number of hydrogen-bond donors (Lipinski definition) is 8. The highest BCUT2D eigenvalue weighted by atomic mass is 16.6. The topological polar surface area (TPSA) is 454 Å². The molecule has 19 rings (SSSR count). The Labute approximate surface area is 759 Å². The van der Waals surface area contributed by atoms with Gasteiger partial charge in [0.25, 0.3) is 23.6 Å². The van der Waals surface area contributed by atoms with Crippen LogP contribution in [0.15, 0.2) is 160 Å². The average Bonchev–Trinajstić information content (AvgIpc) is 1.18. The molecule has 6 aliphatic rings. The van der Waals surface area contributed by atoms with Gasteiger partial charge in [-0.3, -0.25) is 52.9 Å². The number of aromatic nitrogens is 14. The molecular weight excluding hydrogens is 1690 g/mol. The van der Waals surface area contributed by atoms with E-state index < -0.39 is 45.3 Å². The maximum atomic E-state index is 13.1. The maximum Gasteiger partial charge on any atom is 0.280 e. The van der Waals surface area contributed by atoms with Gasteiger partial charge < -0.3 is 74.7 Å². The molecule has 9 aromatic heterocycles. The average molecular weight is 1790 g/mol. The highest BCUT2D eigenvalue weighted by molar-refractivity contribution is 5.99. The number of fused-ring (bicyclic) bond motifs is 7. The number of nitrogens with zero attached hydrogens (tertiary/aromatic N) is 16. The minimum Gasteiger partial charge on any atom is -0.497 e. The van der Waals surface area contributed by atoms with Crippen molar-refractivity contribution in [1.82, 2.24) is 88.5 Å². The van der Waals surface area contributed by atoms with Crippen LogP contribution in [-0.4, -0.2) is 202 Å². The zero-order chi connectivity index (χ0) is 91.7. The number of morpholine rings is 1. The number of aryl methyl sites for hydroxylation is 7. The summed E-state index contributed by atoms with van der Waals surface area (Å²) in [4.78, 5) is 155. The van der Waals surface area contributed by atoms with E-state index in [1.54, 1.807) is 58.9 Å². The van der Waals surface area contributed by atoms with Gasteiger partial charge in [-0.25, -0.2) is 35.9 Å². The molecule has 2 saturated heterocycles. The number of hydroxylamine groups is 2. The number of primary amides is 2. The lowest BCUT2D eigenvalue weighted by Gasteiger charge is -2.26. The standard InChI is InChI=1S/C26H25N5O4.C25H30N6O3.C24H28N6O4.C20H25N7O2/c1-34-19-8-15(9-20(11-19)35-2)12-28-26-29-13-21-23(32)22(24(27)33)14-31(25(21)30-26)18-7-6-16-4-3-5-17(16)10-18;1-34-29-24(33)21-16-31(19-9-8-17-6-5-7-18(17)14-19)23-20(22(21)32)15-27-25(28-23)26-10-13-30-11-3-2-4-12-30;1-33-28-23(32)20-15-30(18-6-5-16-3-2-4-17(16)13-18)22-19(21(20)31)14-26-24(27-22)25-7-8-29-9-11-34-12-10-29;21-18(29)16-12-27(14-5-2-1-3-6-14)19-15(17(16)28)11-24-20(25-19)23-7-4-9-26-10-8-22-13-26/h6-11,13-14H,3-5,12H2,1-2H3,(H2,27,33)(H,28,29,30);8-9,14-16H,2-7,10-13H2,1H3,(H,29,33)(H,26,27,28);5-6,13-15H,2-4,7-12H2,1H3,(H,28,32)(H,25,26,27);8,10-14H,1-7,9H2,(H2,21,29)(H,23,24,25). The summed E-state index contributed by atoms with van der Waals surface area (Å²) in [6, 6.07) is 24.4. The number of likely N-dealkylation sites (tertiary alicyclic amines) is 1. The van der Waals surface area contributed by atoms with Crippen molar-refractivity contribution in [3.63, 3.8) is 0 Å². The van der Waals surface area contributed by atoms with Crippen molar-refractivity contribution in [3.05, 3.63) is 243 Å². The predicted molar refractivity (Wildman–Crippen MR) is 500 cm³/mol. The molecule has 13 aromatic rings. The van der Waals surface area contributed by atoms with Crippen LogP contribution in [0.3, 0.4) is 0 Å². The lowest BCUT2D eigenvalue weighted by Crippen LogP contribution is -2.39. The molecule has 0 bridgehead atoms. The number of benzene rings is 4. The van der Waals surface area contributed by atoms with E-state index in [1.165, 1.54) is 110 Å². The number of imidazole rings is 1. The molecule has 10 N–H and O–H groups in total. The molecule has 37 nitrogen and oxygen atoms in total. The van der Waals surface area contributed by atoms with Crippen LogP contribution in [0.1, 0.15) is 163 Å². The molecular formula is C95H108N24O13. The number of pyridine rings is 4. The fourth-order valence-electron chi connectivity index (χ4n) is 17.8. The van der Waals surface area contributed by atoms with Crippen molar-refractivity contribution in [3.8, 4) is 28.6 Å². The molecule has 0 radical (unpaired) electrons. The summed E-state index contributed by atoms with van der Waals surface area (Å²) in [5.41, 5.74) is 26.6. The van der Waals surface area contributed by atoms with E-state index in [4.69, 9.17) is 40.3 Å². The molecule has 4 aliphatic carbocycles. The summed E-state index contributed by atoms with van der Waals surface area (Å²) in [6.45, 7) is 10.7. The summed E-state index contributed by atoms with van der Waals surface area (Å²) in [5.74, 6) is 0.320. The first-order valence-electron chi connectivity index (χ1n) is 44.9. The Bertz CT molecular complexity index is 6460. The SMILES string of the molecule is CONC(=O)c1cn(-c2ccc3c(c2)CCC3)c2nc(NCCN3CCCCC3)ncc2c1=O.CONC(=O)c1cn(-c2ccc3c(c2)CCC3)c2nc(NCCN3CCOCC3)ncc2c1=O.COc1cc(CNc2ncc3c(=O)c(C(N)=O)cn(-c4ccc5c(c4)CCC5)c3n2)cc(OC)c1.NC(=O)c1cn(C2CCCCC2)c2nc(NCCCn3ccnc3)ncc2c1=O. The number of nitrogens with one attached hydrogen (secondary N) is 6. The van der Waals surface area contributed by atoms with Crippen LogP contribution < -0.4 is 74.9 Å². The van der Waals surface area contributed by atoms with Gasteiger partial charge in [0.05, 0.1) is 69.5 Å². The van der Waals surface area contributed by atoms with Crippen molar-refractivity contribution in [2.75, 3.05) is 122 Å². The van der Waals surface area contributed by atoms with Gasteiger partial charge in [-0.05, 0) is 190 Å². The van der Waals surface area contributed by atoms with Crippen LogP contribution in [-0.2, 0) is 66.0 Å². The number of rotatable bonds is 28. The minimum atomic E-state index is -0.791. The maximum absolute atomic E-state index is 13.1. The zero-order valence-corrected chi connectivity index (χ0v) is 74.4. The molecule has 37 heteroatoms. The Hall–Kier alpha value is -14.3. The summed E-state index contributed by atoms with van der Waals surface area (Å²) in [6.07, 6.45) is 37.2. The number of carbonyl (C=O) groups excluding carboxylic acids is 4. The van der Waals surface area contributed by atoms with E-state index in [0.29, 0.717) is 82.9 Å². The third kappa shape index (κ3) is 21.3. The predicted octanol–water partition coefficient (Wildman–Crippen LogP) is 8.86. The number of hydrogen-bond acceptors (Lipinski definition) is 28. The number of ether oxygens (including phenoxy) is 3. The van der Waals surface area contributed by atoms with Crippen molar-refractivity contribution in [2.24, 2.45) is 11.5 Å². The van der Waals surface area contributed by atoms with Gasteiger partial charge in [-0.2, -0.15) is 19.9 Å². The zero-order valence-electron chi connectivity index (χ0n) is 74.4. The molecule has 11 heterocycles. The number of methoxy groups -OCH3 is 2. The van der Waals surface area contributed by atoms with Crippen LogP contribution in [0, 0.1) is 0 Å². The summed E-state index contributed by atoms with van der Waals surface area (Å²) in [7, 11) is 5.85. The molecule has 3 fully saturated rings. The van der Waals surface area contributed by atoms with Gasteiger partial charge in [0, 0.05) is 150 Å². The van der Waals surface area contributed by atoms with Crippen molar-refractivity contribution >= 4 is 91.6 Å². The molecule has 0 atom stereocenters. The Balaban J connectivity index is 0.000000129. The van der Waals surface area contributed by atoms with Crippen LogP contribution in [0.4, 0.5) is 23.8 Å². The largest absolute Gasteiger partial charge is 0.497 e. The van der Waals surface area contributed by atoms with E-state index in [0.717, 1.165) is 178 Å². The second-order valence-electron chi connectivity index (χ2n) is 33.3. The lowest BCUT2D eigenvalue weighted by atomic mass is 9.95. The highest BCUT2D eigenvalue weighted by Crippen LogP contribution is 2.34. The third-order valence-electron chi connectivity index (χ3n) is 24.7. The Morgan fingerprint density at radius 2 is 0.848 bits per heavy atom. The summed E-state index contributed by atoms with van der Waals surface area (Å²) in [5, 5.41) is 14.1. The molecule has 0 spiro atoms. The van der Waals surface area contributed by atoms with Gasteiger partial charge in [-0.1, -0.05) is 43.9 Å². The first kappa shape index (κ1) is 91.1. The molecule has 4 aromatic carbocycles. The number of amides is 4. The Morgan fingerprint density at radius 1 is 0.439 bits per heavy atom. The van der Waals surface area contributed by atoms with Gasteiger partial charge in [0.1, 0.15) is 39.4 Å².